The van der Waals surface area contributed by atoms with Gasteiger partial charge in [-0.2, -0.15) is 5.26 Å². The number of nitrogens with zero attached hydrogens (tertiary/aromatic N) is 2. The Morgan fingerprint density at radius 3 is 2.58 bits per heavy atom. The van der Waals surface area contributed by atoms with Gasteiger partial charge in [0.15, 0.2) is 0 Å². The molecule has 120 valence electrons. The Morgan fingerprint density at radius 1 is 1.12 bits per heavy atom. The molecule has 0 fully saturated rings. The summed E-state index contributed by atoms with van der Waals surface area (Å²) >= 11 is 6.09. The fraction of sp³-hybridized carbons (Fsp3) is 0.158. The summed E-state index contributed by atoms with van der Waals surface area (Å²) in [6.07, 6.45) is 2.38. The van der Waals surface area contributed by atoms with Crippen molar-refractivity contribution in [1.29, 1.82) is 5.26 Å². The van der Waals surface area contributed by atoms with Gasteiger partial charge >= 0.3 is 0 Å². The lowest BCUT2D eigenvalue weighted by Crippen LogP contribution is -2.07. The number of benzene rings is 2. The first-order valence-electron chi connectivity index (χ1n) is 7.62. The van der Waals surface area contributed by atoms with E-state index < -0.39 is 0 Å². The van der Waals surface area contributed by atoms with Crippen molar-refractivity contribution in [3.63, 3.8) is 0 Å². The number of nitriles is 1. The molecule has 3 rings (SSSR count). The van der Waals surface area contributed by atoms with Crippen molar-refractivity contribution in [1.82, 2.24) is 4.98 Å². The second kappa shape index (κ2) is 7.31. The van der Waals surface area contributed by atoms with Crippen molar-refractivity contribution in [3.8, 4) is 6.07 Å². The van der Waals surface area contributed by atoms with E-state index in [1.54, 1.807) is 12.3 Å². The molecule has 0 amide bonds. The fourth-order valence-electron chi connectivity index (χ4n) is 2.58. The molecule has 0 spiro atoms. The Labute approximate surface area is 145 Å². The zero-order chi connectivity index (χ0) is 16.9. The summed E-state index contributed by atoms with van der Waals surface area (Å²) in [4.78, 5) is 4.29. The molecule has 3 aromatic rings. The largest absolute Gasteiger partial charge is 0.392 e. The molecular weight excluding hydrogens is 322 g/mol. The topological polar surface area (TPSA) is 68.9 Å². The number of halogens is 1. The number of pyridine rings is 1. The summed E-state index contributed by atoms with van der Waals surface area (Å²) in [6, 6.07) is 15.5. The van der Waals surface area contributed by atoms with Crippen molar-refractivity contribution < 1.29 is 5.11 Å². The third-order valence-electron chi connectivity index (χ3n) is 3.87. The number of aromatic nitrogens is 1. The lowest BCUT2D eigenvalue weighted by Gasteiger charge is -2.12. The van der Waals surface area contributed by atoms with Gasteiger partial charge < -0.3 is 10.4 Å². The first kappa shape index (κ1) is 16.3. The molecule has 0 atom stereocenters. The minimum atomic E-state index is 0.0494. The number of nitrogens with one attached hydrogen (secondary N) is 1. The minimum absolute atomic E-state index is 0.0494. The van der Waals surface area contributed by atoms with Crippen molar-refractivity contribution in [2.75, 3.05) is 11.9 Å². The first-order chi connectivity index (χ1) is 11.7. The first-order valence-corrected chi connectivity index (χ1v) is 8.00. The van der Waals surface area contributed by atoms with Crippen LogP contribution in [0, 0.1) is 11.3 Å². The van der Waals surface area contributed by atoms with Crippen molar-refractivity contribution in [3.05, 3.63) is 70.4 Å². The van der Waals surface area contributed by atoms with Gasteiger partial charge in [0.1, 0.15) is 6.07 Å². The summed E-state index contributed by atoms with van der Waals surface area (Å²) in [6.45, 7) is 0.729. The second-order valence-corrected chi connectivity index (χ2v) is 5.91. The quantitative estimate of drug-likeness (QED) is 0.740. The summed E-state index contributed by atoms with van der Waals surface area (Å²) < 4.78 is 0. The van der Waals surface area contributed by atoms with Gasteiger partial charge in [-0.25, -0.2) is 0 Å². The number of aliphatic hydroxyl groups is 1. The Morgan fingerprint density at radius 2 is 1.88 bits per heavy atom. The standard InChI is InChI=1S/C19H16ClN3O/c20-16-5-6-18-17(9-16)19(15(10-21)11-23-18)22-8-7-13-1-3-14(12-24)4-2-13/h1-6,9,11,24H,7-8,12H2,(H,22,23). The van der Waals surface area contributed by atoms with Gasteiger partial charge in [-0.15, -0.1) is 0 Å². The Bertz CT molecular complexity index is 901. The lowest BCUT2D eigenvalue weighted by atomic mass is 10.1. The maximum Gasteiger partial charge on any atom is 0.103 e. The van der Waals surface area contributed by atoms with Gasteiger partial charge in [0.25, 0.3) is 0 Å². The molecule has 4 nitrogen and oxygen atoms in total. The maximum absolute atomic E-state index is 9.33. The summed E-state index contributed by atoms with van der Waals surface area (Å²) in [5.41, 5.74) is 4.12. The predicted octanol–water partition coefficient (Wildman–Crippen LogP) is 3.91. The fourth-order valence-corrected chi connectivity index (χ4v) is 2.76. The van der Waals surface area contributed by atoms with Crippen LogP contribution in [0.4, 0.5) is 5.69 Å². The van der Waals surface area contributed by atoms with Gasteiger partial charge in [-0.05, 0) is 35.7 Å². The molecule has 0 aliphatic rings. The van der Waals surface area contributed by atoms with Gasteiger partial charge in [0.05, 0.1) is 23.4 Å². The third kappa shape index (κ3) is 3.48. The summed E-state index contributed by atoms with van der Waals surface area (Å²) in [7, 11) is 0. The molecule has 0 aliphatic heterocycles. The highest BCUT2D eigenvalue weighted by molar-refractivity contribution is 6.31. The van der Waals surface area contributed by atoms with E-state index in [4.69, 9.17) is 16.7 Å². The van der Waals surface area contributed by atoms with Crippen LogP contribution in [-0.4, -0.2) is 16.6 Å². The van der Waals surface area contributed by atoms with E-state index in [0.717, 1.165) is 34.1 Å². The average Bonchev–Trinajstić information content (AvgIpc) is 2.62. The molecular formula is C19H16ClN3O. The molecule has 0 aliphatic carbocycles. The second-order valence-electron chi connectivity index (χ2n) is 5.47. The molecule has 24 heavy (non-hydrogen) atoms. The Kier molecular flexibility index (Phi) is 4.95. The van der Waals surface area contributed by atoms with Gasteiger partial charge in [-0.1, -0.05) is 35.9 Å². The SMILES string of the molecule is N#Cc1cnc2ccc(Cl)cc2c1NCCc1ccc(CO)cc1. The van der Waals surface area contributed by atoms with E-state index in [0.29, 0.717) is 17.1 Å². The number of hydrogen-bond acceptors (Lipinski definition) is 4. The van der Waals surface area contributed by atoms with E-state index in [2.05, 4.69) is 16.4 Å². The number of anilines is 1. The third-order valence-corrected chi connectivity index (χ3v) is 4.11. The van der Waals surface area contributed by atoms with Crippen LogP contribution in [-0.2, 0) is 13.0 Å². The Hall–Kier alpha value is -2.61. The maximum atomic E-state index is 9.33. The van der Waals surface area contributed by atoms with Crippen LogP contribution in [0.25, 0.3) is 10.9 Å². The Balaban J connectivity index is 1.81. The highest BCUT2D eigenvalue weighted by atomic mass is 35.5. The highest BCUT2D eigenvalue weighted by Crippen LogP contribution is 2.28. The molecule has 0 unspecified atom stereocenters. The van der Waals surface area contributed by atoms with Crippen LogP contribution in [0.15, 0.2) is 48.7 Å². The van der Waals surface area contributed by atoms with Gasteiger partial charge in [-0.3, -0.25) is 4.98 Å². The molecule has 2 N–H and O–H groups in total. The molecule has 0 radical (unpaired) electrons. The summed E-state index contributed by atoms with van der Waals surface area (Å²) in [5, 5.41) is 23.2. The molecule has 1 aromatic heterocycles. The molecule has 2 aromatic carbocycles. The molecule has 0 saturated carbocycles. The van der Waals surface area contributed by atoms with E-state index in [1.807, 2.05) is 36.4 Å². The van der Waals surface area contributed by atoms with E-state index in [9.17, 15) is 5.26 Å². The number of hydrogen-bond donors (Lipinski definition) is 2. The van der Waals surface area contributed by atoms with Gasteiger partial charge in [0.2, 0.25) is 0 Å². The summed E-state index contributed by atoms with van der Waals surface area (Å²) in [5.74, 6) is 0. The van der Waals surface area contributed by atoms with Crippen LogP contribution in [0.2, 0.25) is 5.02 Å². The monoisotopic (exact) mass is 337 g/mol. The molecule has 1 heterocycles. The average molecular weight is 338 g/mol. The van der Waals surface area contributed by atoms with Crippen molar-refractivity contribution in [2.24, 2.45) is 0 Å². The number of fused-ring (bicyclic) bond motifs is 1. The number of aliphatic hydroxyl groups excluding tert-OH is 1. The number of rotatable bonds is 5. The van der Waals surface area contributed by atoms with Crippen LogP contribution >= 0.6 is 11.6 Å². The van der Waals surface area contributed by atoms with E-state index >= 15 is 0 Å². The lowest BCUT2D eigenvalue weighted by molar-refractivity contribution is 0.282. The molecule has 0 saturated heterocycles. The van der Waals surface area contributed by atoms with Crippen molar-refractivity contribution >= 4 is 28.2 Å². The van der Waals surface area contributed by atoms with Crippen LogP contribution in [0.5, 0.6) is 0 Å². The zero-order valence-electron chi connectivity index (χ0n) is 13.0. The van der Waals surface area contributed by atoms with E-state index in [-0.39, 0.29) is 6.61 Å². The highest BCUT2D eigenvalue weighted by Gasteiger charge is 2.09. The smallest absolute Gasteiger partial charge is 0.103 e. The van der Waals surface area contributed by atoms with Gasteiger partial charge in [0, 0.05) is 23.2 Å². The molecule has 0 bridgehead atoms. The van der Waals surface area contributed by atoms with Crippen LogP contribution in [0.1, 0.15) is 16.7 Å². The van der Waals surface area contributed by atoms with Crippen molar-refractivity contribution in [2.45, 2.75) is 13.0 Å². The normalized spacial score (nSPS) is 10.5. The van der Waals surface area contributed by atoms with E-state index in [1.165, 1.54) is 0 Å². The predicted molar refractivity (Wildman–Crippen MR) is 96.0 cm³/mol. The zero-order valence-corrected chi connectivity index (χ0v) is 13.7. The molecule has 5 heteroatoms. The van der Waals surface area contributed by atoms with Crippen LogP contribution in [0.3, 0.4) is 0 Å². The minimum Gasteiger partial charge on any atom is -0.392 e. The van der Waals surface area contributed by atoms with Crippen LogP contribution < -0.4 is 5.32 Å².